The molecule has 36 heavy (non-hydrogen) atoms. The standard InChI is InChI=1S/C25H36BrNO9/c1-16(15-35-21(32)22(3,4)26)19(30)34-13-7-12-33-18(29)8-11-27-20(31)23(5)9-10-25(23)24(6,36-25)17(2)14-28/h9-10,14,16-17H,7-8,11-13,15H2,1-6H3,(H,27,31). The fourth-order valence-electron chi connectivity index (χ4n) is 3.95. The number of halogens is 1. The highest BCUT2D eigenvalue weighted by Gasteiger charge is 2.80. The summed E-state index contributed by atoms with van der Waals surface area (Å²) in [4.78, 5) is 59.6. The van der Waals surface area contributed by atoms with Gasteiger partial charge in [0, 0.05) is 18.9 Å². The van der Waals surface area contributed by atoms with Crippen molar-refractivity contribution in [2.45, 2.75) is 69.9 Å². The van der Waals surface area contributed by atoms with Gasteiger partial charge in [-0.3, -0.25) is 19.2 Å². The number of amides is 1. The molecule has 1 aliphatic heterocycles. The molecule has 11 heteroatoms. The Kier molecular flexibility index (Phi) is 9.50. The summed E-state index contributed by atoms with van der Waals surface area (Å²) in [5.41, 5.74) is -2.47. The second-order valence-electron chi connectivity index (χ2n) is 10.1. The number of carbonyl (C=O) groups is 5. The molecule has 0 bridgehead atoms. The molecule has 10 nitrogen and oxygen atoms in total. The Bertz CT molecular complexity index is 914. The minimum atomic E-state index is -0.924. The number of aldehydes is 1. The minimum absolute atomic E-state index is 0.0203. The summed E-state index contributed by atoms with van der Waals surface area (Å²) in [6, 6.07) is 0. The van der Waals surface area contributed by atoms with Crippen LogP contribution in [0.2, 0.25) is 0 Å². The van der Waals surface area contributed by atoms with E-state index in [0.29, 0.717) is 6.42 Å². The van der Waals surface area contributed by atoms with Gasteiger partial charge in [0.25, 0.3) is 0 Å². The molecule has 5 unspecified atom stereocenters. The number of esters is 3. The van der Waals surface area contributed by atoms with Gasteiger partial charge >= 0.3 is 17.9 Å². The first kappa shape index (κ1) is 30.0. The zero-order chi connectivity index (χ0) is 27.4. The first-order valence-corrected chi connectivity index (χ1v) is 12.8. The average molecular weight is 574 g/mol. The van der Waals surface area contributed by atoms with Crippen molar-refractivity contribution >= 4 is 46.0 Å². The van der Waals surface area contributed by atoms with E-state index in [2.05, 4.69) is 21.2 Å². The van der Waals surface area contributed by atoms with E-state index in [1.165, 1.54) is 0 Å². The summed E-state index contributed by atoms with van der Waals surface area (Å²) in [5.74, 6) is -2.76. The van der Waals surface area contributed by atoms with Gasteiger partial charge in [0.1, 0.15) is 28.4 Å². The lowest BCUT2D eigenvalue weighted by molar-refractivity contribution is -0.155. The van der Waals surface area contributed by atoms with Crippen LogP contribution in [0.3, 0.4) is 0 Å². The van der Waals surface area contributed by atoms with Gasteiger partial charge in [-0.2, -0.15) is 0 Å². The summed E-state index contributed by atoms with van der Waals surface area (Å²) in [7, 11) is 0. The first-order valence-electron chi connectivity index (χ1n) is 12.0. The molecular weight excluding hydrogens is 538 g/mol. The summed E-state index contributed by atoms with van der Waals surface area (Å²) >= 11 is 3.19. The van der Waals surface area contributed by atoms with Crippen LogP contribution < -0.4 is 5.32 Å². The molecule has 0 saturated carbocycles. The second-order valence-corrected chi connectivity index (χ2v) is 12.1. The summed E-state index contributed by atoms with van der Waals surface area (Å²) < 4.78 is 20.3. The Hall–Kier alpha value is -2.27. The smallest absolute Gasteiger partial charge is 0.322 e. The minimum Gasteiger partial charge on any atom is -0.465 e. The fourth-order valence-corrected chi connectivity index (χ4v) is 4.07. The van der Waals surface area contributed by atoms with Gasteiger partial charge in [-0.1, -0.05) is 35.0 Å². The Morgan fingerprint density at radius 3 is 2.28 bits per heavy atom. The van der Waals surface area contributed by atoms with Crippen LogP contribution in [0.1, 0.15) is 54.4 Å². The number of hydrogen-bond donors (Lipinski definition) is 1. The predicted octanol–water partition coefficient (Wildman–Crippen LogP) is 2.26. The number of hydrogen-bond acceptors (Lipinski definition) is 9. The lowest BCUT2D eigenvalue weighted by Crippen LogP contribution is -2.55. The number of alkyl halides is 1. The second kappa shape index (κ2) is 11.4. The van der Waals surface area contributed by atoms with E-state index in [1.54, 1.807) is 40.7 Å². The SMILES string of the molecule is CC(COC(=O)C(C)(C)Br)C(=O)OCCCOC(=O)CCNC(=O)C1(C)C=CC12OC2(C)C(C)C=O. The van der Waals surface area contributed by atoms with Crippen molar-refractivity contribution in [3.63, 3.8) is 0 Å². The largest absolute Gasteiger partial charge is 0.465 e. The van der Waals surface area contributed by atoms with Crippen LogP contribution in [0.25, 0.3) is 0 Å². The quantitative estimate of drug-likeness (QED) is 0.0630. The van der Waals surface area contributed by atoms with E-state index in [1.807, 2.05) is 13.0 Å². The van der Waals surface area contributed by atoms with Crippen molar-refractivity contribution in [1.29, 1.82) is 0 Å². The van der Waals surface area contributed by atoms with Crippen molar-refractivity contribution in [2.24, 2.45) is 17.3 Å². The van der Waals surface area contributed by atoms with Gasteiger partial charge in [-0.05, 0) is 34.6 Å². The van der Waals surface area contributed by atoms with Gasteiger partial charge in [0.2, 0.25) is 5.91 Å². The molecule has 1 amide bonds. The third-order valence-corrected chi connectivity index (χ3v) is 7.12. The highest BCUT2D eigenvalue weighted by Crippen LogP contribution is 2.67. The summed E-state index contributed by atoms with van der Waals surface area (Å²) in [6.45, 7) is 10.3. The van der Waals surface area contributed by atoms with Crippen molar-refractivity contribution in [2.75, 3.05) is 26.4 Å². The molecule has 1 saturated heterocycles. The van der Waals surface area contributed by atoms with E-state index in [4.69, 9.17) is 18.9 Å². The van der Waals surface area contributed by atoms with Gasteiger partial charge in [-0.25, -0.2) is 0 Å². The van der Waals surface area contributed by atoms with E-state index in [0.717, 1.165) is 6.29 Å². The predicted molar refractivity (Wildman–Crippen MR) is 132 cm³/mol. The Morgan fingerprint density at radius 2 is 1.72 bits per heavy atom. The van der Waals surface area contributed by atoms with E-state index in [-0.39, 0.29) is 44.6 Å². The number of rotatable bonds is 14. The van der Waals surface area contributed by atoms with Gasteiger partial charge in [-0.15, -0.1) is 0 Å². The average Bonchev–Trinajstić information content (AvgIpc) is 3.49. The molecule has 1 heterocycles. The molecule has 2 rings (SSSR count). The highest BCUT2D eigenvalue weighted by molar-refractivity contribution is 9.10. The topological polar surface area (TPSA) is 138 Å². The molecule has 1 fully saturated rings. The molecule has 5 atom stereocenters. The Balaban J connectivity index is 1.59. The number of ether oxygens (including phenoxy) is 4. The lowest BCUT2D eigenvalue weighted by Gasteiger charge is -2.39. The molecule has 202 valence electrons. The summed E-state index contributed by atoms with van der Waals surface area (Å²) in [6.07, 6.45) is 4.66. The molecule has 2 aliphatic rings. The van der Waals surface area contributed by atoms with Crippen molar-refractivity contribution < 1.29 is 42.9 Å². The van der Waals surface area contributed by atoms with E-state index >= 15 is 0 Å². The Labute approximate surface area is 219 Å². The van der Waals surface area contributed by atoms with Gasteiger partial charge < -0.3 is 29.1 Å². The first-order chi connectivity index (χ1) is 16.6. The van der Waals surface area contributed by atoms with E-state index < -0.39 is 44.8 Å². The normalized spacial score (nSPS) is 27.9. The molecule has 1 N–H and O–H groups in total. The molecule has 0 aromatic rings. The van der Waals surface area contributed by atoms with Crippen LogP contribution in [-0.4, -0.2) is 72.0 Å². The van der Waals surface area contributed by atoms with Crippen molar-refractivity contribution in [3.8, 4) is 0 Å². The zero-order valence-corrected chi connectivity index (χ0v) is 23.3. The maximum absolute atomic E-state index is 12.8. The van der Waals surface area contributed by atoms with Crippen molar-refractivity contribution in [3.05, 3.63) is 12.2 Å². The van der Waals surface area contributed by atoms with Crippen LogP contribution in [-0.2, 0) is 42.9 Å². The maximum atomic E-state index is 12.8. The molecule has 1 spiro atoms. The lowest BCUT2D eigenvalue weighted by atomic mass is 9.60. The van der Waals surface area contributed by atoms with Crippen LogP contribution in [0.5, 0.6) is 0 Å². The third-order valence-electron chi connectivity index (χ3n) is 6.80. The van der Waals surface area contributed by atoms with Crippen LogP contribution in [0, 0.1) is 17.3 Å². The van der Waals surface area contributed by atoms with Gasteiger partial charge in [0.05, 0.1) is 31.0 Å². The monoisotopic (exact) mass is 573 g/mol. The van der Waals surface area contributed by atoms with Crippen LogP contribution in [0.15, 0.2) is 12.2 Å². The molecular formula is C25H36BrNO9. The van der Waals surface area contributed by atoms with Gasteiger partial charge in [0.15, 0.2) is 0 Å². The Morgan fingerprint density at radius 1 is 1.08 bits per heavy atom. The van der Waals surface area contributed by atoms with E-state index in [9.17, 15) is 24.0 Å². The summed E-state index contributed by atoms with van der Waals surface area (Å²) in [5, 5.41) is 2.74. The molecule has 1 aliphatic carbocycles. The zero-order valence-electron chi connectivity index (χ0n) is 21.7. The number of epoxide rings is 1. The third kappa shape index (κ3) is 6.16. The maximum Gasteiger partial charge on any atom is 0.322 e. The molecule has 0 aromatic carbocycles. The molecule has 0 aromatic heterocycles. The highest BCUT2D eigenvalue weighted by atomic mass is 79.9. The van der Waals surface area contributed by atoms with Crippen molar-refractivity contribution in [1.82, 2.24) is 5.32 Å². The van der Waals surface area contributed by atoms with Crippen LogP contribution in [0.4, 0.5) is 0 Å². The number of carbonyl (C=O) groups excluding carboxylic acids is 5. The fraction of sp³-hybridized carbons (Fsp3) is 0.720. The number of nitrogens with one attached hydrogen (secondary N) is 1. The van der Waals surface area contributed by atoms with Crippen LogP contribution >= 0.6 is 15.9 Å². The molecule has 0 radical (unpaired) electrons.